The fourth-order valence-electron chi connectivity index (χ4n) is 2.14. The van der Waals surface area contributed by atoms with E-state index in [0.717, 1.165) is 5.56 Å². The van der Waals surface area contributed by atoms with Gasteiger partial charge in [0, 0.05) is 19.5 Å². The summed E-state index contributed by atoms with van der Waals surface area (Å²) >= 11 is 0. The molecule has 0 fully saturated rings. The molecular weight excluding hydrogens is 266 g/mol. The zero-order valence-corrected chi connectivity index (χ0v) is 14.0. The summed E-state index contributed by atoms with van der Waals surface area (Å²) in [6.45, 7) is 9.52. The van der Waals surface area contributed by atoms with Crippen molar-refractivity contribution in [1.29, 1.82) is 0 Å². The molecule has 1 amide bonds. The first-order valence-electron chi connectivity index (χ1n) is 7.29. The molecule has 1 aromatic carbocycles. The van der Waals surface area contributed by atoms with E-state index in [9.17, 15) is 4.79 Å². The first-order valence-corrected chi connectivity index (χ1v) is 7.29. The van der Waals surface area contributed by atoms with E-state index in [1.54, 1.807) is 14.2 Å². The normalized spacial score (nSPS) is 11.1. The quantitative estimate of drug-likeness (QED) is 0.806. The second-order valence-electron chi connectivity index (χ2n) is 6.33. The first-order chi connectivity index (χ1) is 9.80. The third-order valence-electron chi connectivity index (χ3n) is 3.24. The molecule has 0 bridgehead atoms. The van der Waals surface area contributed by atoms with Gasteiger partial charge in [0.05, 0.1) is 14.2 Å². The van der Waals surface area contributed by atoms with E-state index >= 15 is 0 Å². The van der Waals surface area contributed by atoms with E-state index in [1.807, 2.05) is 30.0 Å². The van der Waals surface area contributed by atoms with Crippen LogP contribution in [0.1, 0.15) is 39.7 Å². The number of carbonyl (C=O) groups is 1. The zero-order chi connectivity index (χ0) is 16.0. The molecule has 1 rings (SSSR count). The predicted octanol–water partition coefficient (Wildman–Crippen LogP) is 3.49. The second kappa shape index (κ2) is 7.34. The van der Waals surface area contributed by atoms with E-state index in [0.29, 0.717) is 31.0 Å². The molecule has 4 nitrogen and oxygen atoms in total. The lowest BCUT2D eigenvalue weighted by Crippen LogP contribution is -2.33. The van der Waals surface area contributed by atoms with Gasteiger partial charge in [-0.25, -0.2) is 0 Å². The number of hydrogen-bond acceptors (Lipinski definition) is 3. The minimum atomic E-state index is 0.00208. The van der Waals surface area contributed by atoms with Crippen LogP contribution in [0, 0.1) is 5.41 Å². The third kappa shape index (κ3) is 5.29. The number of nitrogens with zero attached hydrogens (tertiary/aromatic N) is 1. The van der Waals surface area contributed by atoms with Gasteiger partial charge in [0.1, 0.15) is 0 Å². The Morgan fingerprint density at radius 1 is 1.14 bits per heavy atom. The van der Waals surface area contributed by atoms with Gasteiger partial charge in [0.2, 0.25) is 5.91 Å². The Morgan fingerprint density at radius 2 is 1.76 bits per heavy atom. The standard InChI is InChI=1S/C17H27NO3/c1-7-18(16(19)11-17(2,3)4)12-13-8-9-14(20-5)15(10-13)21-6/h8-10H,7,11-12H2,1-6H3. The topological polar surface area (TPSA) is 38.8 Å². The highest BCUT2D eigenvalue weighted by molar-refractivity contribution is 5.76. The van der Waals surface area contributed by atoms with Crippen LogP contribution in [-0.4, -0.2) is 31.6 Å². The Labute approximate surface area is 128 Å². The van der Waals surface area contributed by atoms with Crippen LogP contribution in [0.3, 0.4) is 0 Å². The molecule has 0 saturated heterocycles. The smallest absolute Gasteiger partial charge is 0.223 e. The highest BCUT2D eigenvalue weighted by Gasteiger charge is 2.20. The van der Waals surface area contributed by atoms with E-state index < -0.39 is 0 Å². The van der Waals surface area contributed by atoms with Crippen molar-refractivity contribution in [3.8, 4) is 11.5 Å². The van der Waals surface area contributed by atoms with Gasteiger partial charge in [-0.1, -0.05) is 26.8 Å². The lowest BCUT2D eigenvalue weighted by molar-refractivity contribution is -0.133. The molecule has 0 heterocycles. The van der Waals surface area contributed by atoms with Crippen LogP contribution in [0.25, 0.3) is 0 Å². The van der Waals surface area contributed by atoms with E-state index in [-0.39, 0.29) is 11.3 Å². The van der Waals surface area contributed by atoms with Gasteiger partial charge in [-0.2, -0.15) is 0 Å². The van der Waals surface area contributed by atoms with Crippen molar-refractivity contribution >= 4 is 5.91 Å². The summed E-state index contributed by atoms with van der Waals surface area (Å²) in [6, 6.07) is 5.76. The Balaban J connectivity index is 2.84. The van der Waals surface area contributed by atoms with Gasteiger partial charge in [-0.05, 0) is 30.0 Å². The monoisotopic (exact) mass is 293 g/mol. The Kier molecular flexibility index (Phi) is 6.06. The summed E-state index contributed by atoms with van der Waals surface area (Å²) in [4.78, 5) is 14.2. The van der Waals surface area contributed by atoms with Gasteiger partial charge >= 0.3 is 0 Å². The van der Waals surface area contributed by atoms with E-state index in [2.05, 4.69) is 20.8 Å². The van der Waals surface area contributed by atoms with Gasteiger partial charge in [0.15, 0.2) is 11.5 Å². The number of ether oxygens (including phenoxy) is 2. The van der Waals surface area contributed by atoms with Crippen molar-refractivity contribution in [3.05, 3.63) is 23.8 Å². The number of carbonyl (C=O) groups excluding carboxylic acids is 1. The zero-order valence-electron chi connectivity index (χ0n) is 14.0. The number of rotatable bonds is 6. The van der Waals surface area contributed by atoms with Crippen molar-refractivity contribution in [2.75, 3.05) is 20.8 Å². The molecule has 4 heteroatoms. The molecule has 0 aliphatic rings. The molecule has 21 heavy (non-hydrogen) atoms. The van der Waals surface area contributed by atoms with Crippen molar-refractivity contribution in [3.63, 3.8) is 0 Å². The number of amides is 1. The highest BCUT2D eigenvalue weighted by atomic mass is 16.5. The maximum absolute atomic E-state index is 12.3. The Morgan fingerprint density at radius 3 is 2.24 bits per heavy atom. The fourth-order valence-corrected chi connectivity index (χ4v) is 2.14. The van der Waals surface area contributed by atoms with Crippen molar-refractivity contribution in [1.82, 2.24) is 4.90 Å². The molecule has 0 radical (unpaired) electrons. The molecule has 0 aromatic heterocycles. The molecule has 0 unspecified atom stereocenters. The van der Waals surface area contributed by atoms with Crippen LogP contribution in [0.5, 0.6) is 11.5 Å². The summed E-state index contributed by atoms with van der Waals surface area (Å²) in [7, 11) is 3.23. The summed E-state index contributed by atoms with van der Waals surface area (Å²) in [5.41, 5.74) is 1.04. The van der Waals surface area contributed by atoms with Crippen LogP contribution >= 0.6 is 0 Å². The SMILES string of the molecule is CCN(Cc1ccc(OC)c(OC)c1)C(=O)CC(C)(C)C. The van der Waals surface area contributed by atoms with Crippen LogP contribution in [0.15, 0.2) is 18.2 Å². The fraction of sp³-hybridized carbons (Fsp3) is 0.588. The number of methoxy groups -OCH3 is 2. The average Bonchev–Trinajstić information content (AvgIpc) is 2.42. The Bertz CT molecular complexity index is 477. The van der Waals surface area contributed by atoms with E-state index in [4.69, 9.17) is 9.47 Å². The number of benzene rings is 1. The molecule has 0 N–H and O–H groups in total. The summed E-state index contributed by atoms with van der Waals surface area (Å²) in [5, 5.41) is 0. The molecular formula is C17H27NO3. The van der Waals surface area contributed by atoms with Crippen molar-refractivity contribution in [2.24, 2.45) is 5.41 Å². The lowest BCUT2D eigenvalue weighted by Gasteiger charge is -2.26. The van der Waals surface area contributed by atoms with Crippen LogP contribution < -0.4 is 9.47 Å². The summed E-state index contributed by atoms with van der Waals surface area (Å²) < 4.78 is 10.5. The minimum Gasteiger partial charge on any atom is -0.493 e. The van der Waals surface area contributed by atoms with Crippen LogP contribution in [0.4, 0.5) is 0 Å². The summed E-state index contributed by atoms with van der Waals surface area (Å²) in [5.74, 6) is 1.57. The average molecular weight is 293 g/mol. The van der Waals surface area contributed by atoms with Crippen LogP contribution in [-0.2, 0) is 11.3 Å². The highest BCUT2D eigenvalue weighted by Crippen LogP contribution is 2.28. The largest absolute Gasteiger partial charge is 0.493 e. The maximum Gasteiger partial charge on any atom is 0.223 e. The molecule has 0 aliphatic heterocycles. The van der Waals surface area contributed by atoms with Gasteiger partial charge in [0.25, 0.3) is 0 Å². The predicted molar refractivity (Wildman–Crippen MR) is 84.7 cm³/mol. The molecule has 118 valence electrons. The molecule has 1 aromatic rings. The first kappa shape index (κ1) is 17.3. The maximum atomic E-state index is 12.3. The van der Waals surface area contributed by atoms with Gasteiger partial charge in [-0.3, -0.25) is 4.79 Å². The molecule has 0 atom stereocenters. The Hall–Kier alpha value is -1.71. The molecule has 0 aliphatic carbocycles. The van der Waals surface area contributed by atoms with Crippen molar-refractivity contribution < 1.29 is 14.3 Å². The van der Waals surface area contributed by atoms with Gasteiger partial charge < -0.3 is 14.4 Å². The van der Waals surface area contributed by atoms with Gasteiger partial charge in [-0.15, -0.1) is 0 Å². The molecule has 0 spiro atoms. The number of hydrogen-bond donors (Lipinski definition) is 0. The lowest BCUT2D eigenvalue weighted by atomic mass is 9.91. The van der Waals surface area contributed by atoms with Crippen molar-refractivity contribution in [2.45, 2.75) is 40.7 Å². The van der Waals surface area contributed by atoms with E-state index in [1.165, 1.54) is 0 Å². The second-order valence-corrected chi connectivity index (χ2v) is 6.33. The molecule has 0 saturated carbocycles. The minimum absolute atomic E-state index is 0.00208. The van der Waals surface area contributed by atoms with Crippen LogP contribution in [0.2, 0.25) is 0 Å². The third-order valence-corrected chi connectivity index (χ3v) is 3.24. The summed E-state index contributed by atoms with van der Waals surface area (Å²) in [6.07, 6.45) is 0.550.